The van der Waals surface area contributed by atoms with E-state index in [4.69, 9.17) is 0 Å². The standard InChI is InChI=1S/C19H19N3O2S/c23-25(24,17-11-10-15-6-1-2-7-16(15)14-17)21-18-8-3-4-9-19(18)22-13-5-12-20-22/h3-5,8-14,21H,1-2,6-7H2. The molecular formula is C19H19N3O2S. The number of nitrogens with one attached hydrogen (secondary N) is 1. The van der Waals surface area contributed by atoms with Gasteiger partial charge >= 0.3 is 0 Å². The minimum Gasteiger partial charge on any atom is -0.277 e. The summed E-state index contributed by atoms with van der Waals surface area (Å²) in [5, 5.41) is 4.19. The van der Waals surface area contributed by atoms with Crippen molar-refractivity contribution in [2.75, 3.05) is 4.72 Å². The van der Waals surface area contributed by atoms with Crippen LogP contribution in [0.3, 0.4) is 0 Å². The number of aromatic nitrogens is 2. The van der Waals surface area contributed by atoms with Gasteiger partial charge in [-0.1, -0.05) is 18.2 Å². The molecule has 0 atom stereocenters. The zero-order valence-corrected chi connectivity index (χ0v) is 14.5. The summed E-state index contributed by atoms with van der Waals surface area (Å²) in [7, 11) is -3.65. The zero-order valence-electron chi connectivity index (χ0n) is 13.7. The van der Waals surface area contributed by atoms with Crippen molar-refractivity contribution in [2.24, 2.45) is 0 Å². The summed E-state index contributed by atoms with van der Waals surface area (Å²) in [5.41, 5.74) is 3.61. The molecule has 3 aromatic rings. The minimum absolute atomic E-state index is 0.309. The van der Waals surface area contributed by atoms with Crippen molar-refractivity contribution < 1.29 is 8.42 Å². The minimum atomic E-state index is -3.65. The Kier molecular flexibility index (Phi) is 4.05. The van der Waals surface area contributed by atoms with Gasteiger partial charge in [-0.05, 0) is 67.1 Å². The van der Waals surface area contributed by atoms with Gasteiger partial charge < -0.3 is 0 Å². The van der Waals surface area contributed by atoms with Crippen LogP contribution >= 0.6 is 0 Å². The van der Waals surface area contributed by atoms with Gasteiger partial charge in [-0.3, -0.25) is 4.72 Å². The fourth-order valence-electron chi connectivity index (χ4n) is 3.25. The van der Waals surface area contributed by atoms with E-state index in [0.29, 0.717) is 16.3 Å². The third kappa shape index (κ3) is 3.17. The molecule has 1 aliphatic rings. The van der Waals surface area contributed by atoms with Crippen molar-refractivity contribution in [1.29, 1.82) is 0 Å². The van der Waals surface area contributed by atoms with Crippen LogP contribution in [0.2, 0.25) is 0 Å². The molecule has 5 nitrogen and oxygen atoms in total. The Hall–Kier alpha value is -2.60. The Morgan fingerprint density at radius 3 is 2.56 bits per heavy atom. The molecule has 0 saturated carbocycles. The number of sulfonamides is 1. The largest absolute Gasteiger partial charge is 0.277 e. The Morgan fingerprint density at radius 2 is 1.76 bits per heavy atom. The smallest absolute Gasteiger partial charge is 0.261 e. The Balaban J connectivity index is 1.69. The van der Waals surface area contributed by atoms with Crippen molar-refractivity contribution >= 4 is 15.7 Å². The maximum atomic E-state index is 12.9. The van der Waals surface area contributed by atoms with E-state index in [1.165, 1.54) is 12.0 Å². The molecule has 0 spiro atoms. The van der Waals surface area contributed by atoms with Crippen LogP contribution in [0.4, 0.5) is 5.69 Å². The molecule has 128 valence electrons. The molecule has 0 bridgehead atoms. The highest BCUT2D eigenvalue weighted by Crippen LogP contribution is 2.27. The Labute approximate surface area is 147 Å². The molecule has 25 heavy (non-hydrogen) atoms. The second-order valence-corrected chi connectivity index (χ2v) is 7.89. The van der Waals surface area contributed by atoms with Gasteiger partial charge in [0.05, 0.1) is 16.3 Å². The molecule has 6 heteroatoms. The SMILES string of the molecule is O=S(=O)(Nc1ccccc1-n1cccn1)c1ccc2c(c1)CCCC2. The summed E-state index contributed by atoms with van der Waals surface area (Å²) in [6.45, 7) is 0. The number of hydrogen-bond acceptors (Lipinski definition) is 3. The van der Waals surface area contributed by atoms with E-state index >= 15 is 0 Å². The van der Waals surface area contributed by atoms with Crippen molar-refractivity contribution in [3.8, 4) is 5.69 Å². The van der Waals surface area contributed by atoms with Crippen LogP contribution in [0, 0.1) is 0 Å². The maximum Gasteiger partial charge on any atom is 0.261 e. The fraction of sp³-hybridized carbons (Fsp3) is 0.211. The van der Waals surface area contributed by atoms with E-state index in [0.717, 1.165) is 24.8 Å². The van der Waals surface area contributed by atoms with E-state index in [-0.39, 0.29) is 0 Å². The highest BCUT2D eigenvalue weighted by atomic mass is 32.2. The van der Waals surface area contributed by atoms with E-state index < -0.39 is 10.0 Å². The lowest BCUT2D eigenvalue weighted by Crippen LogP contribution is -2.16. The van der Waals surface area contributed by atoms with Gasteiger partial charge in [-0.25, -0.2) is 13.1 Å². The first-order valence-corrected chi connectivity index (χ1v) is 9.85. The maximum absolute atomic E-state index is 12.9. The molecule has 0 saturated heterocycles. The van der Waals surface area contributed by atoms with Crippen LogP contribution in [0.1, 0.15) is 24.0 Å². The number of anilines is 1. The molecule has 0 aliphatic heterocycles. The predicted molar refractivity (Wildman–Crippen MR) is 97.5 cm³/mol. The number of aryl methyl sites for hydroxylation is 2. The lowest BCUT2D eigenvalue weighted by molar-refractivity contribution is 0.600. The second kappa shape index (κ2) is 6.37. The van der Waals surface area contributed by atoms with Crippen LogP contribution < -0.4 is 4.72 Å². The zero-order chi connectivity index (χ0) is 17.3. The van der Waals surface area contributed by atoms with E-state index in [1.54, 1.807) is 41.3 Å². The van der Waals surface area contributed by atoms with Gasteiger partial charge in [-0.15, -0.1) is 0 Å². The topological polar surface area (TPSA) is 64.0 Å². The Bertz CT molecular complexity index is 995. The normalized spacial score (nSPS) is 14.1. The van der Waals surface area contributed by atoms with Crippen LogP contribution in [0.15, 0.2) is 65.8 Å². The third-order valence-electron chi connectivity index (χ3n) is 4.53. The molecule has 1 aromatic heterocycles. The molecule has 0 fully saturated rings. The van der Waals surface area contributed by atoms with Crippen molar-refractivity contribution in [2.45, 2.75) is 30.6 Å². The number of hydrogen-bond donors (Lipinski definition) is 1. The lowest BCUT2D eigenvalue weighted by atomic mass is 9.92. The molecule has 0 radical (unpaired) electrons. The summed E-state index contributed by atoms with van der Waals surface area (Å²) >= 11 is 0. The second-order valence-electron chi connectivity index (χ2n) is 6.21. The van der Waals surface area contributed by atoms with Crippen LogP contribution in [0.25, 0.3) is 5.69 Å². The summed E-state index contributed by atoms with van der Waals surface area (Å²) in [5.74, 6) is 0. The number of rotatable bonds is 4. The van der Waals surface area contributed by atoms with Gasteiger partial charge in [0.1, 0.15) is 0 Å². The first-order valence-electron chi connectivity index (χ1n) is 8.37. The first-order chi connectivity index (χ1) is 12.1. The highest BCUT2D eigenvalue weighted by molar-refractivity contribution is 7.92. The van der Waals surface area contributed by atoms with E-state index in [9.17, 15) is 8.42 Å². The Morgan fingerprint density at radius 1 is 0.960 bits per heavy atom. The molecule has 4 rings (SSSR count). The van der Waals surface area contributed by atoms with Crippen LogP contribution in [-0.2, 0) is 22.9 Å². The molecule has 1 heterocycles. The molecule has 1 N–H and O–H groups in total. The quantitative estimate of drug-likeness (QED) is 0.780. The molecule has 1 aliphatic carbocycles. The molecular weight excluding hydrogens is 334 g/mol. The lowest BCUT2D eigenvalue weighted by Gasteiger charge is -2.17. The number of fused-ring (bicyclic) bond motifs is 1. The summed E-state index contributed by atoms with van der Waals surface area (Å²) in [6, 6.07) is 14.5. The first kappa shape index (κ1) is 15.9. The van der Waals surface area contributed by atoms with E-state index in [2.05, 4.69) is 9.82 Å². The highest BCUT2D eigenvalue weighted by Gasteiger charge is 2.19. The van der Waals surface area contributed by atoms with E-state index in [1.807, 2.05) is 24.3 Å². The average molecular weight is 353 g/mol. The predicted octanol–water partition coefficient (Wildman–Crippen LogP) is 3.55. The summed E-state index contributed by atoms with van der Waals surface area (Å²) in [4.78, 5) is 0.309. The van der Waals surface area contributed by atoms with Crippen LogP contribution in [0.5, 0.6) is 0 Å². The molecule has 0 amide bonds. The average Bonchev–Trinajstić information content (AvgIpc) is 3.16. The van der Waals surface area contributed by atoms with Gasteiger partial charge in [0.2, 0.25) is 0 Å². The number of benzene rings is 2. The number of para-hydroxylation sites is 2. The third-order valence-corrected chi connectivity index (χ3v) is 5.89. The van der Waals surface area contributed by atoms with Gasteiger partial charge in [0.15, 0.2) is 0 Å². The van der Waals surface area contributed by atoms with Crippen molar-refractivity contribution in [3.05, 3.63) is 72.1 Å². The van der Waals surface area contributed by atoms with Crippen molar-refractivity contribution in [3.63, 3.8) is 0 Å². The fourth-order valence-corrected chi connectivity index (χ4v) is 4.38. The molecule has 0 unspecified atom stereocenters. The monoisotopic (exact) mass is 353 g/mol. The van der Waals surface area contributed by atoms with Gasteiger partial charge in [0.25, 0.3) is 10.0 Å². The number of nitrogens with zero attached hydrogens (tertiary/aromatic N) is 2. The van der Waals surface area contributed by atoms with Crippen LogP contribution in [-0.4, -0.2) is 18.2 Å². The molecule has 2 aromatic carbocycles. The summed E-state index contributed by atoms with van der Waals surface area (Å²) < 4.78 is 30.1. The van der Waals surface area contributed by atoms with Gasteiger partial charge in [0, 0.05) is 12.4 Å². The van der Waals surface area contributed by atoms with Crippen molar-refractivity contribution in [1.82, 2.24) is 9.78 Å². The summed E-state index contributed by atoms with van der Waals surface area (Å²) in [6.07, 6.45) is 7.72. The van der Waals surface area contributed by atoms with Gasteiger partial charge in [-0.2, -0.15) is 5.10 Å².